The molecule has 0 aromatic rings. The van der Waals surface area contributed by atoms with Crippen molar-refractivity contribution < 1.29 is 9.53 Å². The SMILES string of the molecule is COC(=O)C(CC(C)C)NCCCCC#N. The molecule has 4 nitrogen and oxygen atoms in total. The number of nitrogens with one attached hydrogen (secondary N) is 1. The molecule has 0 saturated carbocycles. The van der Waals surface area contributed by atoms with Crippen LogP contribution < -0.4 is 5.32 Å². The number of ether oxygens (including phenoxy) is 1. The first kappa shape index (κ1) is 14.9. The summed E-state index contributed by atoms with van der Waals surface area (Å²) in [6.07, 6.45) is 3.15. The zero-order chi connectivity index (χ0) is 12.4. The van der Waals surface area contributed by atoms with Crippen molar-refractivity contribution in [2.24, 2.45) is 5.92 Å². The number of nitrogens with zero attached hydrogens (tertiary/aromatic N) is 1. The zero-order valence-electron chi connectivity index (χ0n) is 10.5. The number of hydrogen-bond donors (Lipinski definition) is 1. The van der Waals surface area contributed by atoms with Crippen LogP contribution in [0.3, 0.4) is 0 Å². The van der Waals surface area contributed by atoms with Gasteiger partial charge in [-0.15, -0.1) is 0 Å². The molecule has 0 aromatic heterocycles. The normalized spacial score (nSPS) is 12.2. The van der Waals surface area contributed by atoms with E-state index in [1.54, 1.807) is 0 Å². The van der Waals surface area contributed by atoms with Gasteiger partial charge >= 0.3 is 5.97 Å². The fourth-order valence-electron chi connectivity index (χ4n) is 1.48. The molecule has 1 atom stereocenters. The molecular formula is C12H22N2O2. The summed E-state index contributed by atoms with van der Waals surface area (Å²) in [6, 6.07) is 1.89. The maximum atomic E-state index is 11.4. The van der Waals surface area contributed by atoms with Crippen LogP contribution >= 0.6 is 0 Å². The van der Waals surface area contributed by atoms with Crippen molar-refractivity contribution in [3.05, 3.63) is 0 Å². The van der Waals surface area contributed by atoms with Gasteiger partial charge in [0.05, 0.1) is 13.2 Å². The molecule has 0 aliphatic carbocycles. The Bertz CT molecular complexity index is 234. The average Bonchev–Trinajstić information content (AvgIpc) is 2.25. The van der Waals surface area contributed by atoms with Crippen molar-refractivity contribution in [3.8, 4) is 6.07 Å². The van der Waals surface area contributed by atoms with Gasteiger partial charge in [0.2, 0.25) is 0 Å². The summed E-state index contributed by atoms with van der Waals surface area (Å²) in [5.41, 5.74) is 0. The second-order valence-corrected chi connectivity index (χ2v) is 4.27. The number of unbranched alkanes of at least 4 members (excludes halogenated alkanes) is 2. The van der Waals surface area contributed by atoms with E-state index in [2.05, 4.69) is 25.2 Å². The summed E-state index contributed by atoms with van der Waals surface area (Å²) in [4.78, 5) is 11.4. The van der Waals surface area contributed by atoms with Crippen LogP contribution in [0.5, 0.6) is 0 Å². The molecule has 0 amide bonds. The zero-order valence-corrected chi connectivity index (χ0v) is 10.5. The molecule has 0 aliphatic rings. The Kier molecular flexibility index (Phi) is 8.55. The van der Waals surface area contributed by atoms with Crippen LogP contribution in [0.25, 0.3) is 0 Å². The lowest BCUT2D eigenvalue weighted by molar-refractivity contribution is -0.143. The third kappa shape index (κ3) is 7.24. The topological polar surface area (TPSA) is 62.1 Å². The van der Waals surface area contributed by atoms with E-state index in [1.807, 2.05) is 0 Å². The smallest absolute Gasteiger partial charge is 0.322 e. The molecule has 0 fully saturated rings. The largest absolute Gasteiger partial charge is 0.468 e. The number of methoxy groups -OCH3 is 1. The van der Waals surface area contributed by atoms with Gasteiger partial charge < -0.3 is 10.1 Å². The minimum Gasteiger partial charge on any atom is -0.468 e. The highest BCUT2D eigenvalue weighted by Gasteiger charge is 2.19. The second kappa shape index (κ2) is 9.17. The maximum Gasteiger partial charge on any atom is 0.322 e. The van der Waals surface area contributed by atoms with Gasteiger partial charge in [0, 0.05) is 6.42 Å². The van der Waals surface area contributed by atoms with E-state index in [0.29, 0.717) is 12.3 Å². The van der Waals surface area contributed by atoms with Crippen LogP contribution in [-0.2, 0) is 9.53 Å². The molecule has 0 heterocycles. The van der Waals surface area contributed by atoms with Crippen LogP contribution in [0.4, 0.5) is 0 Å². The van der Waals surface area contributed by atoms with Gasteiger partial charge in [-0.3, -0.25) is 4.79 Å². The van der Waals surface area contributed by atoms with E-state index in [9.17, 15) is 4.79 Å². The number of hydrogen-bond acceptors (Lipinski definition) is 4. The first-order valence-electron chi connectivity index (χ1n) is 5.80. The molecule has 1 N–H and O–H groups in total. The van der Waals surface area contributed by atoms with E-state index < -0.39 is 0 Å². The summed E-state index contributed by atoms with van der Waals surface area (Å²) in [7, 11) is 1.41. The van der Waals surface area contributed by atoms with Gasteiger partial charge in [-0.2, -0.15) is 5.26 Å². The van der Waals surface area contributed by atoms with Gasteiger partial charge in [0.25, 0.3) is 0 Å². The lowest BCUT2D eigenvalue weighted by Crippen LogP contribution is -2.39. The van der Waals surface area contributed by atoms with E-state index in [0.717, 1.165) is 25.8 Å². The third-order valence-electron chi connectivity index (χ3n) is 2.30. The monoisotopic (exact) mass is 226 g/mol. The van der Waals surface area contributed by atoms with Crippen molar-refractivity contribution >= 4 is 5.97 Å². The Balaban J connectivity index is 3.84. The molecule has 4 heteroatoms. The van der Waals surface area contributed by atoms with E-state index >= 15 is 0 Å². The summed E-state index contributed by atoms with van der Waals surface area (Å²) < 4.78 is 4.74. The fourth-order valence-corrected chi connectivity index (χ4v) is 1.48. The predicted molar refractivity (Wildman–Crippen MR) is 62.7 cm³/mol. The van der Waals surface area contributed by atoms with Gasteiger partial charge in [0.15, 0.2) is 0 Å². The highest BCUT2D eigenvalue weighted by atomic mass is 16.5. The van der Waals surface area contributed by atoms with Crippen molar-refractivity contribution in [3.63, 3.8) is 0 Å². The standard InChI is InChI=1S/C12H22N2O2/c1-10(2)9-11(12(15)16-3)14-8-6-4-5-7-13/h10-11,14H,4-6,8-9H2,1-3H3. The average molecular weight is 226 g/mol. The van der Waals surface area contributed by atoms with Crippen LogP contribution in [-0.4, -0.2) is 25.7 Å². The summed E-state index contributed by atoms with van der Waals surface area (Å²) in [5, 5.41) is 11.6. The van der Waals surface area contributed by atoms with Crippen LogP contribution in [0.1, 0.15) is 39.5 Å². The first-order chi connectivity index (χ1) is 7.61. The lowest BCUT2D eigenvalue weighted by Gasteiger charge is -2.18. The highest BCUT2D eigenvalue weighted by molar-refractivity contribution is 5.75. The van der Waals surface area contributed by atoms with Gasteiger partial charge in [0.1, 0.15) is 6.04 Å². The highest BCUT2D eigenvalue weighted by Crippen LogP contribution is 2.06. The molecule has 0 aliphatic heterocycles. The van der Waals surface area contributed by atoms with Gasteiger partial charge in [-0.05, 0) is 31.7 Å². The number of carbonyl (C=O) groups excluding carboxylic acids is 1. The molecule has 0 saturated heterocycles. The van der Waals surface area contributed by atoms with E-state index in [4.69, 9.17) is 10.00 Å². The Morgan fingerprint density at radius 2 is 2.12 bits per heavy atom. The molecule has 0 spiro atoms. The Labute approximate surface area is 98.0 Å². The number of esters is 1. The Morgan fingerprint density at radius 1 is 1.44 bits per heavy atom. The fraction of sp³-hybridized carbons (Fsp3) is 0.833. The molecule has 16 heavy (non-hydrogen) atoms. The van der Waals surface area contributed by atoms with Crippen LogP contribution in [0.15, 0.2) is 0 Å². The van der Waals surface area contributed by atoms with E-state index in [1.165, 1.54) is 7.11 Å². The molecule has 0 aromatic carbocycles. The maximum absolute atomic E-state index is 11.4. The number of nitriles is 1. The van der Waals surface area contributed by atoms with Crippen molar-refractivity contribution in [1.29, 1.82) is 5.26 Å². The molecule has 1 unspecified atom stereocenters. The van der Waals surface area contributed by atoms with Crippen molar-refractivity contribution in [1.82, 2.24) is 5.32 Å². The summed E-state index contributed by atoms with van der Waals surface area (Å²) >= 11 is 0. The number of rotatable bonds is 8. The molecule has 0 rings (SSSR count). The van der Waals surface area contributed by atoms with Crippen molar-refractivity contribution in [2.75, 3.05) is 13.7 Å². The Morgan fingerprint density at radius 3 is 2.62 bits per heavy atom. The van der Waals surface area contributed by atoms with E-state index in [-0.39, 0.29) is 12.0 Å². The third-order valence-corrected chi connectivity index (χ3v) is 2.30. The van der Waals surface area contributed by atoms with Crippen molar-refractivity contribution in [2.45, 2.75) is 45.6 Å². The molecule has 0 bridgehead atoms. The first-order valence-corrected chi connectivity index (χ1v) is 5.80. The lowest BCUT2D eigenvalue weighted by atomic mass is 10.0. The van der Waals surface area contributed by atoms with Gasteiger partial charge in [-0.25, -0.2) is 0 Å². The Hall–Kier alpha value is -1.08. The van der Waals surface area contributed by atoms with Crippen LogP contribution in [0, 0.1) is 17.2 Å². The number of carbonyl (C=O) groups is 1. The van der Waals surface area contributed by atoms with Gasteiger partial charge in [-0.1, -0.05) is 13.8 Å². The second-order valence-electron chi connectivity index (χ2n) is 4.27. The summed E-state index contributed by atoms with van der Waals surface area (Å²) in [6.45, 7) is 4.91. The molecule has 92 valence electrons. The molecule has 0 radical (unpaired) electrons. The quantitative estimate of drug-likeness (QED) is 0.507. The predicted octanol–water partition coefficient (Wildman–Crippen LogP) is 1.86. The summed E-state index contributed by atoms with van der Waals surface area (Å²) in [5.74, 6) is 0.254. The molecular weight excluding hydrogens is 204 g/mol. The van der Waals surface area contributed by atoms with Crippen LogP contribution in [0.2, 0.25) is 0 Å². The minimum absolute atomic E-state index is 0.200. The minimum atomic E-state index is -0.216.